The van der Waals surface area contributed by atoms with E-state index in [-0.39, 0.29) is 31.6 Å². The maximum absolute atomic E-state index is 13.6. The summed E-state index contributed by atoms with van der Waals surface area (Å²) in [6.07, 6.45) is 4.01. The van der Waals surface area contributed by atoms with E-state index in [2.05, 4.69) is 20.5 Å². The van der Waals surface area contributed by atoms with E-state index in [4.69, 9.17) is 0 Å². The van der Waals surface area contributed by atoms with E-state index in [0.717, 1.165) is 11.1 Å². The van der Waals surface area contributed by atoms with Crippen molar-refractivity contribution in [2.75, 3.05) is 44.4 Å². The molecule has 10 nitrogen and oxygen atoms in total. The first-order valence-electron chi connectivity index (χ1n) is 11.5. The van der Waals surface area contributed by atoms with Gasteiger partial charge in [-0.05, 0) is 31.0 Å². The van der Waals surface area contributed by atoms with Crippen LogP contribution in [0.2, 0.25) is 0 Å². The van der Waals surface area contributed by atoms with Crippen LogP contribution in [0.1, 0.15) is 23.2 Å². The zero-order chi connectivity index (χ0) is 24.4. The molecule has 3 aromatic rings. The van der Waals surface area contributed by atoms with Crippen LogP contribution in [-0.2, 0) is 9.59 Å². The van der Waals surface area contributed by atoms with Gasteiger partial charge in [-0.25, -0.2) is 9.37 Å². The summed E-state index contributed by atoms with van der Waals surface area (Å²) in [6.45, 7) is 0.153. The molecule has 0 bridgehead atoms. The number of para-hydroxylation sites is 1. The van der Waals surface area contributed by atoms with Crippen molar-refractivity contribution in [1.82, 2.24) is 30.3 Å². The van der Waals surface area contributed by atoms with Crippen molar-refractivity contribution in [3.63, 3.8) is 0 Å². The van der Waals surface area contributed by atoms with E-state index in [0.29, 0.717) is 37.1 Å². The Hall–Kier alpha value is -4.02. The van der Waals surface area contributed by atoms with Gasteiger partial charge in [0.15, 0.2) is 5.65 Å². The highest BCUT2D eigenvalue weighted by Crippen LogP contribution is 2.39. The van der Waals surface area contributed by atoms with Gasteiger partial charge in [0.05, 0.1) is 18.4 Å². The summed E-state index contributed by atoms with van der Waals surface area (Å²) in [5.74, 6) is -0.684. The molecule has 2 fully saturated rings. The third-order valence-corrected chi connectivity index (χ3v) is 6.75. The van der Waals surface area contributed by atoms with Crippen molar-refractivity contribution in [3.05, 3.63) is 54.4 Å². The lowest BCUT2D eigenvalue weighted by Crippen LogP contribution is -2.57. The summed E-state index contributed by atoms with van der Waals surface area (Å²) >= 11 is 0. The second-order valence-corrected chi connectivity index (χ2v) is 8.80. The fourth-order valence-corrected chi connectivity index (χ4v) is 4.95. The number of piperidine rings is 1. The normalized spacial score (nSPS) is 17.4. The van der Waals surface area contributed by atoms with Crippen LogP contribution in [0.3, 0.4) is 0 Å². The van der Waals surface area contributed by atoms with Crippen LogP contribution in [0, 0.1) is 0 Å². The van der Waals surface area contributed by atoms with Gasteiger partial charge in [-0.2, -0.15) is 5.10 Å². The van der Waals surface area contributed by atoms with Gasteiger partial charge in [-0.1, -0.05) is 18.2 Å². The minimum absolute atomic E-state index is 0.0784. The predicted octanol–water partition coefficient (Wildman–Crippen LogP) is 1.32. The number of halogens is 1. The quantitative estimate of drug-likeness (QED) is 0.551. The summed E-state index contributed by atoms with van der Waals surface area (Å²) < 4.78 is 12.5. The van der Waals surface area contributed by atoms with Gasteiger partial charge in [-0.3, -0.25) is 19.5 Å². The van der Waals surface area contributed by atoms with Gasteiger partial charge < -0.3 is 20.0 Å². The van der Waals surface area contributed by atoms with E-state index in [1.54, 1.807) is 17.2 Å². The third kappa shape index (κ3) is 4.17. The Morgan fingerprint density at radius 3 is 2.66 bits per heavy atom. The topological polar surface area (TPSA) is 115 Å². The van der Waals surface area contributed by atoms with E-state index in [1.165, 1.54) is 11.1 Å². The second-order valence-electron chi connectivity index (χ2n) is 8.80. The highest BCUT2D eigenvalue weighted by Gasteiger charge is 2.54. The standard InChI is InChI=1S/C24H26FN7O3/c25-8-9-26-20(33)15-31-16-32(19-4-2-1-3-5-19)24(23(31)35)6-10-30(11-7-24)22(34)18-12-17-14-28-29-21(17)27-13-18/h1-5,12-14H,6-11,15-16H2,(H,26,33)(H,27,28,29). The SMILES string of the molecule is O=C(CN1CN(c2ccccc2)C2(CCN(C(=O)c3cnc4[nH]ncc4c3)CC2)C1=O)NCCF. The van der Waals surface area contributed by atoms with Crippen molar-refractivity contribution in [2.45, 2.75) is 18.4 Å². The van der Waals surface area contributed by atoms with Crippen molar-refractivity contribution in [1.29, 1.82) is 0 Å². The number of carbonyl (C=O) groups excluding carboxylic acids is 3. The first-order chi connectivity index (χ1) is 17.0. The number of hydrogen-bond acceptors (Lipinski definition) is 6. The molecule has 0 unspecified atom stereocenters. The number of H-pyrrole nitrogens is 1. The Bertz CT molecular complexity index is 1240. The number of aromatic amines is 1. The zero-order valence-corrected chi connectivity index (χ0v) is 19.1. The number of aromatic nitrogens is 3. The number of alkyl halides is 1. The number of carbonyl (C=O) groups is 3. The lowest BCUT2D eigenvalue weighted by atomic mass is 9.85. The summed E-state index contributed by atoms with van der Waals surface area (Å²) in [5, 5.41) is 9.96. The number of fused-ring (bicyclic) bond motifs is 1. The molecule has 2 aliphatic rings. The molecule has 4 heterocycles. The zero-order valence-electron chi connectivity index (χ0n) is 19.1. The van der Waals surface area contributed by atoms with Gasteiger partial charge in [0.2, 0.25) is 5.91 Å². The van der Waals surface area contributed by atoms with E-state index in [1.807, 2.05) is 35.2 Å². The van der Waals surface area contributed by atoms with Crippen molar-refractivity contribution in [3.8, 4) is 0 Å². The molecule has 1 aromatic carbocycles. The largest absolute Gasteiger partial charge is 0.352 e. The van der Waals surface area contributed by atoms with Crippen LogP contribution in [0.4, 0.5) is 10.1 Å². The molecular formula is C24H26FN7O3. The molecule has 2 saturated heterocycles. The molecule has 5 rings (SSSR count). The number of nitrogens with zero attached hydrogens (tertiary/aromatic N) is 5. The Kier molecular flexibility index (Phi) is 6.06. The van der Waals surface area contributed by atoms with Crippen LogP contribution < -0.4 is 10.2 Å². The Balaban J connectivity index is 1.35. The molecule has 35 heavy (non-hydrogen) atoms. The van der Waals surface area contributed by atoms with Gasteiger partial charge in [0.1, 0.15) is 18.8 Å². The minimum Gasteiger partial charge on any atom is -0.352 e. The molecule has 1 spiro atoms. The van der Waals surface area contributed by atoms with Crippen molar-refractivity contribution in [2.24, 2.45) is 0 Å². The van der Waals surface area contributed by atoms with E-state index in [9.17, 15) is 18.8 Å². The molecule has 3 amide bonds. The predicted molar refractivity (Wildman–Crippen MR) is 126 cm³/mol. The molecule has 0 saturated carbocycles. The number of hydrogen-bond donors (Lipinski definition) is 2. The number of likely N-dealkylation sites (tertiary alicyclic amines) is 1. The van der Waals surface area contributed by atoms with E-state index >= 15 is 0 Å². The van der Waals surface area contributed by atoms with Crippen LogP contribution in [0.15, 0.2) is 48.8 Å². The fraction of sp³-hybridized carbons (Fsp3) is 0.375. The van der Waals surface area contributed by atoms with Gasteiger partial charge in [-0.15, -0.1) is 0 Å². The van der Waals surface area contributed by atoms with Crippen molar-refractivity contribution >= 4 is 34.4 Å². The summed E-state index contributed by atoms with van der Waals surface area (Å²) in [4.78, 5) is 48.6. The van der Waals surface area contributed by atoms with Crippen molar-refractivity contribution < 1.29 is 18.8 Å². The first kappa shape index (κ1) is 22.8. The average molecular weight is 480 g/mol. The minimum atomic E-state index is -0.856. The molecule has 0 radical (unpaired) electrons. The smallest absolute Gasteiger partial charge is 0.255 e. The lowest BCUT2D eigenvalue weighted by molar-refractivity contribution is -0.137. The summed E-state index contributed by atoms with van der Waals surface area (Å²) in [7, 11) is 0. The molecule has 11 heteroatoms. The van der Waals surface area contributed by atoms with Crippen LogP contribution in [0.25, 0.3) is 11.0 Å². The summed E-state index contributed by atoms with van der Waals surface area (Å²) in [6, 6.07) is 11.3. The van der Waals surface area contributed by atoms with Crippen LogP contribution >= 0.6 is 0 Å². The fourth-order valence-electron chi connectivity index (χ4n) is 4.95. The number of pyridine rings is 1. The second kappa shape index (κ2) is 9.32. The molecule has 0 atom stereocenters. The molecule has 2 aromatic heterocycles. The van der Waals surface area contributed by atoms with Crippen LogP contribution in [0.5, 0.6) is 0 Å². The molecule has 182 valence electrons. The number of nitrogens with one attached hydrogen (secondary N) is 2. The highest BCUT2D eigenvalue weighted by molar-refractivity contribution is 5.98. The Morgan fingerprint density at radius 2 is 1.91 bits per heavy atom. The number of rotatable bonds is 6. The molecular weight excluding hydrogens is 453 g/mol. The van der Waals surface area contributed by atoms with Crippen LogP contribution in [-0.4, -0.2) is 87.8 Å². The number of benzene rings is 1. The van der Waals surface area contributed by atoms with Gasteiger partial charge in [0.25, 0.3) is 11.8 Å². The average Bonchev–Trinajstić information content (AvgIpc) is 3.46. The first-order valence-corrected chi connectivity index (χ1v) is 11.5. The third-order valence-electron chi connectivity index (χ3n) is 6.75. The van der Waals surface area contributed by atoms with Gasteiger partial charge in [0, 0.05) is 36.9 Å². The Labute approximate surface area is 201 Å². The number of anilines is 1. The van der Waals surface area contributed by atoms with Gasteiger partial charge >= 0.3 is 0 Å². The highest BCUT2D eigenvalue weighted by atomic mass is 19.1. The maximum atomic E-state index is 13.6. The Morgan fingerprint density at radius 1 is 1.14 bits per heavy atom. The lowest BCUT2D eigenvalue weighted by Gasteiger charge is -2.43. The van der Waals surface area contributed by atoms with E-state index < -0.39 is 18.1 Å². The monoisotopic (exact) mass is 479 g/mol. The molecule has 2 N–H and O–H groups in total. The summed E-state index contributed by atoms with van der Waals surface area (Å²) in [5.41, 5.74) is 1.11. The molecule has 0 aliphatic carbocycles. The number of amides is 3. The maximum Gasteiger partial charge on any atom is 0.255 e. The molecule has 2 aliphatic heterocycles.